The average Bonchev–Trinajstić information content (AvgIpc) is 2.98. The standard InChI is InChI=1S/C21H27N5O/c27-20-19(26-13-11-25(12-14-26)18-15-23-9-10-24-18)16-3-1-2-4-17(16)21(20)5-7-22-8-6-21/h1-4,9-10,15,19-20,22,27H,5-8,11-14H2/t19-,20+/m1/s1. The normalized spacial score (nSPS) is 27.7. The number of piperazine rings is 1. The van der Waals surface area contributed by atoms with Crippen molar-refractivity contribution >= 4 is 5.82 Å². The molecule has 1 aromatic carbocycles. The number of benzene rings is 1. The number of aliphatic hydroxyl groups excluding tert-OH is 1. The number of anilines is 1. The largest absolute Gasteiger partial charge is 0.390 e. The summed E-state index contributed by atoms with van der Waals surface area (Å²) in [4.78, 5) is 13.4. The van der Waals surface area contributed by atoms with E-state index in [1.807, 2.05) is 6.20 Å². The Hall–Kier alpha value is -2.02. The molecule has 6 heteroatoms. The third-order valence-electron chi connectivity index (χ3n) is 6.76. The van der Waals surface area contributed by atoms with Crippen LogP contribution in [0.25, 0.3) is 0 Å². The Morgan fingerprint density at radius 3 is 2.56 bits per heavy atom. The van der Waals surface area contributed by atoms with Gasteiger partial charge < -0.3 is 15.3 Å². The van der Waals surface area contributed by atoms with Gasteiger partial charge in [0.2, 0.25) is 0 Å². The summed E-state index contributed by atoms with van der Waals surface area (Å²) >= 11 is 0. The quantitative estimate of drug-likeness (QED) is 0.837. The van der Waals surface area contributed by atoms with Crippen LogP contribution >= 0.6 is 0 Å². The molecule has 0 saturated carbocycles. The molecule has 6 nitrogen and oxygen atoms in total. The maximum atomic E-state index is 11.5. The average molecular weight is 365 g/mol. The van der Waals surface area contributed by atoms with Crippen LogP contribution in [0.4, 0.5) is 5.82 Å². The highest BCUT2D eigenvalue weighted by Gasteiger charge is 2.53. The molecule has 2 aromatic rings. The molecule has 2 aliphatic heterocycles. The van der Waals surface area contributed by atoms with Gasteiger partial charge in [0.25, 0.3) is 0 Å². The zero-order valence-electron chi connectivity index (χ0n) is 15.6. The van der Waals surface area contributed by atoms with Crippen LogP contribution in [0.2, 0.25) is 0 Å². The summed E-state index contributed by atoms with van der Waals surface area (Å²) in [5.41, 5.74) is 2.62. The molecule has 0 bridgehead atoms. The topological polar surface area (TPSA) is 64.5 Å². The number of nitrogens with one attached hydrogen (secondary N) is 1. The van der Waals surface area contributed by atoms with E-state index in [2.05, 4.69) is 49.4 Å². The Balaban J connectivity index is 1.39. The molecule has 5 rings (SSSR count). The first-order chi connectivity index (χ1) is 13.3. The molecule has 142 valence electrons. The fourth-order valence-electron chi connectivity index (χ4n) is 5.36. The van der Waals surface area contributed by atoms with Crippen molar-refractivity contribution in [3.63, 3.8) is 0 Å². The van der Waals surface area contributed by atoms with Gasteiger partial charge in [0.05, 0.1) is 18.3 Å². The molecule has 27 heavy (non-hydrogen) atoms. The third kappa shape index (κ3) is 2.74. The van der Waals surface area contributed by atoms with Crippen LogP contribution in [0.15, 0.2) is 42.9 Å². The fourth-order valence-corrected chi connectivity index (χ4v) is 5.36. The molecule has 2 N–H and O–H groups in total. The summed E-state index contributed by atoms with van der Waals surface area (Å²) < 4.78 is 0. The van der Waals surface area contributed by atoms with E-state index < -0.39 is 0 Å². The molecule has 2 fully saturated rings. The Kier molecular flexibility index (Phi) is 4.34. The summed E-state index contributed by atoms with van der Waals surface area (Å²) in [6.45, 7) is 5.66. The van der Waals surface area contributed by atoms with Crippen LogP contribution in [-0.4, -0.2) is 65.3 Å². The molecule has 2 atom stereocenters. The van der Waals surface area contributed by atoms with Crippen molar-refractivity contribution in [3.8, 4) is 0 Å². The van der Waals surface area contributed by atoms with Gasteiger partial charge in [0, 0.05) is 44.0 Å². The summed E-state index contributed by atoms with van der Waals surface area (Å²) in [6, 6.07) is 8.83. The maximum Gasteiger partial charge on any atom is 0.147 e. The SMILES string of the molecule is O[C@H]1[C@H](N2CCN(c3cnccn3)CC2)c2ccccc2C12CCNCC2. The summed E-state index contributed by atoms with van der Waals surface area (Å²) in [5, 5.41) is 15.0. The molecule has 2 saturated heterocycles. The molecule has 1 aliphatic carbocycles. The van der Waals surface area contributed by atoms with Crippen molar-refractivity contribution in [1.82, 2.24) is 20.2 Å². The highest BCUT2D eigenvalue weighted by atomic mass is 16.3. The number of hydrogen-bond donors (Lipinski definition) is 2. The van der Waals surface area contributed by atoms with E-state index in [4.69, 9.17) is 0 Å². The smallest absolute Gasteiger partial charge is 0.147 e. The van der Waals surface area contributed by atoms with Gasteiger partial charge in [-0.15, -0.1) is 0 Å². The zero-order chi connectivity index (χ0) is 18.3. The number of piperidine rings is 1. The minimum atomic E-state index is -0.333. The van der Waals surface area contributed by atoms with E-state index in [9.17, 15) is 5.11 Å². The minimum Gasteiger partial charge on any atom is -0.390 e. The van der Waals surface area contributed by atoms with E-state index in [1.165, 1.54) is 11.1 Å². The van der Waals surface area contributed by atoms with Crippen LogP contribution < -0.4 is 10.2 Å². The molecule has 3 heterocycles. The van der Waals surface area contributed by atoms with Crippen LogP contribution in [-0.2, 0) is 5.41 Å². The Morgan fingerprint density at radius 1 is 1.04 bits per heavy atom. The minimum absolute atomic E-state index is 0.0887. The second-order valence-corrected chi connectivity index (χ2v) is 7.97. The highest BCUT2D eigenvalue weighted by molar-refractivity contribution is 5.46. The van der Waals surface area contributed by atoms with Crippen molar-refractivity contribution in [2.75, 3.05) is 44.2 Å². The van der Waals surface area contributed by atoms with Crippen LogP contribution in [0, 0.1) is 0 Å². The van der Waals surface area contributed by atoms with Crippen molar-refractivity contribution in [1.29, 1.82) is 0 Å². The predicted molar refractivity (Wildman–Crippen MR) is 105 cm³/mol. The predicted octanol–water partition coefficient (Wildman–Crippen LogP) is 1.34. The third-order valence-corrected chi connectivity index (χ3v) is 6.76. The van der Waals surface area contributed by atoms with Crippen LogP contribution in [0.1, 0.15) is 30.0 Å². The van der Waals surface area contributed by atoms with Crippen LogP contribution in [0.5, 0.6) is 0 Å². The summed E-state index contributed by atoms with van der Waals surface area (Å²) in [5.74, 6) is 0.944. The second kappa shape index (κ2) is 6.86. The molecule has 0 amide bonds. The van der Waals surface area contributed by atoms with E-state index in [1.54, 1.807) is 12.4 Å². The lowest BCUT2D eigenvalue weighted by Gasteiger charge is -2.43. The van der Waals surface area contributed by atoms with Crippen LogP contribution in [0.3, 0.4) is 0 Å². The molecule has 3 aliphatic rings. The molecule has 1 aromatic heterocycles. The number of rotatable bonds is 2. The first-order valence-electron chi connectivity index (χ1n) is 10.0. The Labute approximate surface area is 160 Å². The van der Waals surface area contributed by atoms with Gasteiger partial charge in [-0.3, -0.25) is 9.88 Å². The number of hydrogen-bond acceptors (Lipinski definition) is 6. The molecule has 0 unspecified atom stereocenters. The highest BCUT2D eigenvalue weighted by Crippen LogP contribution is 2.52. The number of aliphatic hydroxyl groups is 1. The lowest BCUT2D eigenvalue weighted by molar-refractivity contribution is -0.00363. The molecular formula is C21H27N5O. The zero-order valence-corrected chi connectivity index (χ0v) is 15.6. The second-order valence-electron chi connectivity index (χ2n) is 7.97. The maximum absolute atomic E-state index is 11.5. The lowest BCUT2D eigenvalue weighted by atomic mass is 9.72. The van der Waals surface area contributed by atoms with Gasteiger partial charge in [-0.1, -0.05) is 24.3 Å². The lowest BCUT2D eigenvalue weighted by Crippen LogP contribution is -2.53. The van der Waals surface area contributed by atoms with Gasteiger partial charge >= 0.3 is 0 Å². The van der Waals surface area contributed by atoms with Crippen molar-refractivity contribution in [2.24, 2.45) is 0 Å². The van der Waals surface area contributed by atoms with Gasteiger partial charge in [0.15, 0.2) is 0 Å². The Bertz CT molecular complexity index is 784. The number of nitrogens with zero attached hydrogens (tertiary/aromatic N) is 4. The first kappa shape index (κ1) is 17.1. The van der Waals surface area contributed by atoms with Gasteiger partial charge in [-0.2, -0.15) is 0 Å². The summed E-state index contributed by atoms with van der Waals surface area (Å²) in [7, 11) is 0. The Morgan fingerprint density at radius 2 is 1.81 bits per heavy atom. The first-order valence-corrected chi connectivity index (χ1v) is 10.0. The van der Waals surface area contributed by atoms with E-state index in [0.717, 1.165) is 57.9 Å². The number of fused-ring (bicyclic) bond motifs is 2. The van der Waals surface area contributed by atoms with Gasteiger partial charge in [0.1, 0.15) is 5.82 Å². The van der Waals surface area contributed by atoms with Crippen molar-refractivity contribution < 1.29 is 5.11 Å². The molecule has 0 radical (unpaired) electrons. The van der Waals surface area contributed by atoms with Gasteiger partial charge in [-0.25, -0.2) is 4.98 Å². The molecule has 1 spiro atoms. The fraction of sp³-hybridized carbons (Fsp3) is 0.524. The van der Waals surface area contributed by atoms with E-state index in [-0.39, 0.29) is 17.6 Å². The van der Waals surface area contributed by atoms with E-state index in [0.29, 0.717) is 0 Å². The number of aromatic nitrogens is 2. The van der Waals surface area contributed by atoms with Crippen molar-refractivity contribution in [3.05, 3.63) is 54.0 Å². The summed E-state index contributed by atoms with van der Waals surface area (Å²) in [6.07, 6.45) is 6.99. The molecular weight excluding hydrogens is 338 g/mol. The van der Waals surface area contributed by atoms with Gasteiger partial charge in [-0.05, 0) is 37.1 Å². The van der Waals surface area contributed by atoms with E-state index >= 15 is 0 Å². The van der Waals surface area contributed by atoms with Crippen molar-refractivity contribution in [2.45, 2.75) is 30.4 Å². The monoisotopic (exact) mass is 365 g/mol.